The van der Waals surface area contributed by atoms with E-state index in [0.717, 1.165) is 26.2 Å². The molecule has 1 fully saturated rings. The largest absolute Gasteiger partial charge is 0.388 e. The number of rotatable bonds is 3. The maximum atomic E-state index is 5.53. The summed E-state index contributed by atoms with van der Waals surface area (Å²) < 4.78 is 0. The van der Waals surface area contributed by atoms with Crippen LogP contribution >= 0.6 is 12.2 Å². The predicted octanol–water partition coefficient (Wildman–Crippen LogP) is -0.315. The molecule has 2 heterocycles. The van der Waals surface area contributed by atoms with Gasteiger partial charge in [0, 0.05) is 32.4 Å². The molecule has 0 aromatic carbocycles. The molecule has 17 heavy (non-hydrogen) atoms. The Morgan fingerprint density at radius 1 is 1.41 bits per heavy atom. The van der Waals surface area contributed by atoms with Crippen LogP contribution in [0.1, 0.15) is 5.69 Å². The zero-order valence-corrected chi connectivity index (χ0v) is 10.6. The van der Waals surface area contributed by atoms with Gasteiger partial charge in [0.1, 0.15) is 10.7 Å². The molecule has 1 aliphatic rings. The molecule has 6 nitrogen and oxygen atoms in total. The summed E-state index contributed by atoms with van der Waals surface area (Å²) in [6.45, 7) is 3.94. The first-order valence-electron chi connectivity index (χ1n) is 5.48. The number of nitrogens with one attached hydrogen (secondary N) is 1. The highest BCUT2D eigenvalue weighted by Crippen LogP contribution is 2.04. The van der Waals surface area contributed by atoms with Crippen LogP contribution in [-0.4, -0.2) is 58.1 Å². The summed E-state index contributed by atoms with van der Waals surface area (Å²) in [5.74, 6) is 0.542. The maximum Gasteiger partial charge on any atom is 0.238 e. The Labute approximate surface area is 106 Å². The van der Waals surface area contributed by atoms with E-state index in [4.69, 9.17) is 18.0 Å². The molecule has 0 unspecified atom stereocenters. The Morgan fingerprint density at radius 3 is 2.76 bits per heavy atom. The summed E-state index contributed by atoms with van der Waals surface area (Å²) in [7, 11) is 2.11. The van der Waals surface area contributed by atoms with E-state index < -0.39 is 0 Å². The molecule has 0 spiro atoms. The standard InChI is InChI=1S/C10H16N6S/c1-15-4-6-16(7-5-15)14-10-12-3-2-8(13-10)9(11)17/h2-3H,4-7H2,1H3,(H2,11,17)(H,12,13,14). The molecule has 0 amide bonds. The highest BCUT2D eigenvalue weighted by molar-refractivity contribution is 7.80. The van der Waals surface area contributed by atoms with Gasteiger partial charge in [0.2, 0.25) is 5.95 Å². The van der Waals surface area contributed by atoms with E-state index in [1.807, 2.05) is 0 Å². The quantitative estimate of drug-likeness (QED) is 0.715. The lowest BCUT2D eigenvalue weighted by molar-refractivity contribution is 0.178. The molecular formula is C10H16N6S. The first-order chi connectivity index (χ1) is 8.15. The smallest absolute Gasteiger partial charge is 0.238 e. The monoisotopic (exact) mass is 252 g/mol. The molecule has 7 heteroatoms. The second-order valence-electron chi connectivity index (χ2n) is 4.03. The van der Waals surface area contributed by atoms with Gasteiger partial charge in [-0.25, -0.2) is 15.0 Å². The normalized spacial score (nSPS) is 17.9. The third-order valence-electron chi connectivity index (χ3n) is 2.67. The second-order valence-corrected chi connectivity index (χ2v) is 4.47. The average Bonchev–Trinajstić information content (AvgIpc) is 2.32. The molecule has 92 valence electrons. The molecule has 0 atom stereocenters. The highest BCUT2D eigenvalue weighted by Gasteiger charge is 2.14. The van der Waals surface area contributed by atoms with Gasteiger partial charge in [0.15, 0.2) is 0 Å². The topological polar surface area (TPSA) is 70.3 Å². The van der Waals surface area contributed by atoms with Gasteiger partial charge >= 0.3 is 0 Å². The number of hydrazine groups is 1. The Bertz CT molecular complexity index is 402. The van der Waals surface area contributed by atoms with E-state index >= 15 is 0 Å². The number of hydrogen-bond donors (Lipinski definition) is 2. The molecule has 2 rings (SSSR count). The van der Waals surface area contributed by atoms with Crippen molar-refractivity contribution in [1.29, 1.82) is 0 Å². The maximum absolute atomic E-state index is 5.53. The van der Waals surface area contributed by atoms with Crippen LogP contribution in [0.5, 0.6) is 0 Å². The molecule has 3 N–H and O–H groups in total. The third-order valence-corrected chi connectivity index (χ3v) is 2.88. The van der Waals surface area contributed by atoms with Crippen molar-refractivity contribution in [3.8, 4) is 0 Å². The molecule has 1 aromatic rings. The minimum absolute atomic E-state index is 0.286. The third kappa shape index (κ3) is 3.32. The SMILES string of the molecule is CN1CCN(Nc2nccc(C(N)=S)n2)CC1. The zero-order chi connectivity index (χ0) is 12.3. The van der Waals surface area contributed by atoms with Crippen LogP contribution < -0.4 is 11.2 Å². The van der Waals surface area contributed by atoms with Crippen LogP contribution in [0.4, 0.5) is 5.95 Å². The fraction of sp³-hybridized carbons (Fsp3) is 0.500. The minimum Gasteiger partial charge on any atom is -0.388 e. The summed E-state index contributed by atoms with van der Waals surface area (Å²) in [5, 5.41) is 2.10. The Kier molecular flexibility index (Phi) is 3.82. The van der Waals surface area contributed by atoms with Gasteiger partial charge in [-0.1, -0.05) is 12.2 Å². The molecule has 0 radical (unpaired) electrons. The van der Waals surface area contributed by atoms with Gasteiger partial charge in [-0.3, -0.25) is 5.43 Å². The fourth-order valence-electron chi connectivity index (χ4n) is 1.61. The number of piperazine rings is 1. The minimum atomic E-state index is 0.286. The molecule has 0 aliphatic carbocycles. The summed E-state index contributed by atoms with van der Waals surface area (Å²) in [6.07, 6.45) is 1.65. The summed E-state index contributed by atoms with van der Waals surface area (Å²) in [6, 6.07) is 1.71. The lowest BCUT2D eigenvalue weighted by Crippen LogP contribution is -2.47. The molecule has 1 saturated heterocycles. The van der Waals surface area contributed by atoms with Crippen molar-refractivity contribution >= 4 is 23.2 Å². The molecule has 1 aromatic heterocycles. The van der Waals surface area contributed by atoms with Gasteiger partial charge in [-0.2, -0.15) is 0 Å². The van der Waals surface area contributed by atoms with E-state index in [-0.39, 0.29) is 4.99 Å². The van der Waals surface area contributed by atoms with Crippen LogP contribution in [0.3, 0.4) is 0 Å². The van der Waals surface area contributed by atoms with Crippen molar-refractivity contribution in [3.05, 3.63) is 18.0 Å². The van der Waals surface area contributed by atoms with E-state index in [1.54, 1.807) is 12.3 Å². The Balaban J connectivity index is 1.98. The summed E-state index contributed by atoms with van der Waals surface area (Å²) in [4.78, 5) is 11.0. The highest BCUT2D eigenvalue weighted by atomic mass is 32.1. The number of anilines is 1. The van der Waals surface area contributed by atoms with E-state index in [0.29, 0.717) is 11.6 Å². The Hall–Kier alpha value is -1.31. The van der Waals surface area contributed by atoms with Crippen molar-refractivity contribution in [1.82, 2.24) is 19.9 Å². The van der Waals surface area contributed by atoms with Crippen molar-refractivity contribution < 1.29 is 0 Å². The van der Waals surface area contributed by atoms with Crippen LogP contribution in [0.2, 0.25) is 0 Å². The van der Waals surface area contributed by atoms with Gasteiger partial charge in [-0.05, 0) is 13.1 Å². The first-order valence-corrected chi connectivity index (χ1v) is 5.89. The molecular weight excluding hydrogens is 236 g/mol. The van der Waals surface area contributed by atoms with Crippen LogP contribution in [-0.2, 0) is 0 Å². The van der Waals surface area contributed by atoms with E-state index in [2.05, 4.69) is 32.4 Å². The second kappa shape index (κ2) is 5.35. The number of thiocarbonyl (C=S) groups is 1. The van der Waals surface area contributed by atoms with Crippen molar-refractivity contribution in [2.45, 2.75) is 0 Å². The zero-order valence-electron chi connectivity index (χ0n) is 9.76. The van der Waals surface area contributed by atoms with E-state index in [1.165, 1.54) is 0 Å². The number of nitrogens with two attached hydrogens (primary N) is 1. The molecule has 1 aliphatic heterocycles. The first kappa shape index (κ1) is 12.2. The van der Waals surface area contributed by atoms with Gasteiger partial charge in [0.25, 0.3) is 0 Å². The number of nitrogens with zero attached hydrogens (tertiary/aromatic N) is 4. The number of aromatic nitrogens is 2. The number of hydrogen-bond acceptors (Lipinski definition) is 6. The molecule has 0 bridgehead atoms. The van der Waals surface area contributed by atoms with E-state index in [9.17, 15) is 0 Å². The van der Waals surface area contributed by atoms with Crippen molar-refractivity contribution in [2.24, 2.45) is 5.73 Å². The van der Waals surface area contributed by atoms with Crippen molar-refractivity contribution in [2.75, 3.05) is 38.7 Å². The average molecular weight is 252 g/mol. The molecule has 0 saturated carbocycles. The Morgan fingerprint density at radius 2 is 2.12 bits per heavy atom. The van der Waals surface area contributed by atoms with Gasteiger partial charge in [-0.15, -0.1) is 0 Å². The van der Waals surface area contributed by atoms with Crippen molar-refractivity contribution in [3.63, 3.8) is 0 Å². The van der Waals surface area contributed by atoms with Gasteiger partial charge < -0.3 is 10.6 Å². The summed E-state index contributed by atoms with van der Waals surface area (Å²) >= 11 is 4.88. The van der Waals surface area contributed by atoms with Crippen LogP contribution in [0, 0.1) is 0 Å². The lowest BCUT2D eigenvalue weighted by Gasteiger charge is -2.32. The van der Waals surface area contributed by atoms with Gasteiger partial charge in [0.05, 0.1) is 0 Å². The summed E-state index contributed by atoms with van der Waals surface area (Å²) in [5.41, 5.74) is 9.28. The fourth-order valence-corrected chi connectivity index (χ4v) is 1.72. The van der Waals surface area contributed by atoms with Crippen LogP contribution in [0.15, 0.2) is 12.3 Å². The number of likely N-dealkylation sites (N-methyl/N-ethyl adjacent to an activating group) is 1. The predicted molar refractivity (Wildman–Crippen MR) is 70.6 cm³/mol. The lowest BCUT2D eigenvalue weighted by atomic mass is 10.4. The van der Waals surface area contributed by atoms with Crippen LogP contribution in [0.25, 0.3) is 0 Å².